The Morgan fingerprint density at radius 3 is 2.44 bits per heavy atom. The minimum Gasteiger partial charge on any atom is -0.445 e. The fourth-order valence-corrected chi connectivity index (χ4v) is 5.92. The highest BCUT2D eigenvalue weighted by atomic mass is 16.6. The molecule has 0 aromatic heterocycles. The van der Waals surface area contributed by atoms with Crippen molar-refractivity contribution >= 4 is 12.0 Å². The van der Waals surface area contributed by atoms with Crippen LogP contribution in [0.4, 0.5) is 4.79 Å². The number of amides is 2. The highest BCUT2D eigenvalue weighted by molar-refractivity contribution is 6.08. The number of hydrogen-bond acceptors (Lipinski definition) is 3. The Hall–Kier alpha value is -2.88. The van der Waals surface area contributed by atoms with Gasteiger partial charge in [0, 0.05) is 11.5 Å². The molecule has 1 heterocycles. The molecule has 3 atom stereocenters. The highest BCUT2D eigenvalue weighted by Crippen LogP contribution is 2.45. The summed E-state index contributed by atoms with van der Waals surface area (Å²) in [5, 5.41) is 0. The van der Waals surface area contributed by atoms with E-state index in [0.29, 0.717) is 12.0 Å². The van der Waals surface area contributed by atoms with Gasteiger partial charge in [-0.1, -0.05) is 74.4 Å². The molecule has 1 fully saturated rings. The van der Waals surface area contributed by atoms with E-state index in [1.165, 1.54) is 10.5 Å². The number of benzene rings is 2. The molecule has 2 aromatic rings. The maximum atomic E-state index is 13.7. The van der Waals surface area contributed by atoms with Crippen LogP contribution in [0.5, 0.6) is 0 Å². The predicted molar refractivity (Wildman–Crippen MR) is 136 cm³/mol. The van der Waals surface area contributed by atoms with Crippen LogP contribution in [0, 0.1) is 5.92 Å². The smallest absolute Gasteiger partial charge is 0.417 e. The molecule has 0 unspecified atom stereocenters. The van der Waals surface area contributed by atoms with Crippen molar-refractivity contribution < 1.29 is 14.3 Å². The molecule has 4 heteroatoms. The fraction of sp³-hybridized carbons (Fsp3) is 0.467. The number of fused-ring (bicyclic) bond motifs is 1. The molecule has 0 N–H and O–H groups in total. The molecule has 2 aromatic carbocycles. The summed E-state index contributed by atoms with van der Waals surface area (Å²) in [4.78, 5) is 28.5. The van der Waals surface area contributed by atoms with E-state index < -0.39 is 11.6 Å². The van der Waals surface area contributed by atoms with Gasteiger partial charge in [0.2, 0.25) is 0 Å². The summed E-state index contributed by atoms with van der Waals surface area (Å²) in [6, 6.07) is 18.0. The topological polar surface area (TPSA) is 46.6 Å². The quantitative estimate of drug-likeness (QED) is 0.423. The van der Waals surface area contributed by atoms with E-state index in [0.717, 1.165) is 43.2 Å². The zero-order valence-electron chi connectivity index (χ0n) is 21.0. The van der Waals surface area contributed by atoms with Crippen LogP contribution in [-0.4, -0.2) is 23.0 Å². The van der Waals surface area contributed by atoms with Gasteiger partial charge in [0.1, 0.15) is 6.10 Å². The maximum Gasteiger partial charge on any atom is 0.417 e. The Morgan fingerprint density at radius 2 is 1.74 bits per heavy atom. The number of allylic oxidation sites excluding steroid dienone is 1. The number of hydrogen-bond donors (Lipinski definition) is 0. The highest BCUT2D eigenvalue weighted by Gasteiger charge is 2.51. The number of carbonyl (C=O) groups excluding carboxylic acids is 2. The molecule has 2 aliphatic rings. The van der Waals surface area contributed by atoms with E-state index in [9.17, 15) is 9.59 Å². The molecule has 4 nitrogen and oxygen atoms in total. The molecule has 4 rings (SSSR count). The Balaban J connectivity index is 1.62. The van der Waals surface area contributed by atoms with Crippen molar-refractivity contribution in [1.29, 1.82) is 0 Å². The van der Waals surface area contributed by atoms with Gasteiger partial charge in [-0.05, 0) is 68.6 Å². The second-order valence-corrected chi connectivity index (χ2v) is 10.8. The van der Waals surface area contributed by atoms with Gasteiger partial charge in [-0.15, -0.1) is 6.58 Å². The van der Waals surface area contributed by atoms with Crippen LogP contribution >= 0.6 is 0 Å². The molecule has 1 saturated carbocycles. The Labute approximate surface area is 204 Å². The van der Waals surface area contributed by atoms with Crippen LogP contribution in [-0.2, 0) is 15.7 Å². The second kappa shape index (κ2) is 9.40. The van der Waals surface area contributed by atoms with E-state index >= 15 is 0 Å². The van der Waals surface area contributed by atoms with Crippen LogP contribution in [0.3, 0.4) is 0 Å². The summed E-state index contributed by atoms with van der Waals surface area (Å²) in [6.45, 7) is 12.5. The summed E-state index contributed by atoms with van der Waals surface area (Å²) in [7, 11) is 0. The van der Waals surface area contributed by atoms with Gasteiger partial charge in [0.05, 0.1) is 5.54 Å². The molecule has 0 bridgehead atoms. The van der Waals surface area contributed by atoms with Crippen LogP contribution in [0.1, 0.15) is 87.7 Å². The minimum absolute atomic E-state index is 0.145. The third-order valence-electron chi connectivity index (χ3n) is 8.06. The molecule has 2 amide bonds. The number of nitrogens with zero attached hydrogens (tertiary/aromatic N) is 1. The Morgan fingerprint density at radius 1 is 1.09 bits per heavy atom. The average molecular weight is 460 g/mol. The van der Waals surface area contributed by atoms with Crippen LogP contribution < -0.4 is 0 Å². The van der Waals surface area contributed by atoms with Gasteiger partial charge in [0.15, 0.2) is 0 Å². The van der Waals surface area contributed by atoms with Crippen molar-refractivity contribution in [3.63, 3.8) is 0 Å². The van der Waals surface area contributed by atoms with Crippen LogP contribution in [0.2, 0.25) is 0 Å². The minimum atomic E-state index is -0.747. The summed E-state index contributed by atoms with van der Waals surface area (Å²) in [5.41, 5.74) is 2.87. The molecule has 0 radical (unpaired) electrons. The van der Waals surface area contributed by atoms with Crippen molar-refractivity contribution in [2.45, 2.75) is 83.3 Å². The first-order chi connectivity index (χ1) is 16.2. The lowest BCUT2D eigenvalue weighted by atomic mass is 9.66. The molecule has 0 saturated heterocycles. The largest absolute Gasteiger partial charge is 0.445 e. The van der Waals surface area contributed by atoms with E-state index in [4.69, 9.17) is 4.74 Å². The summed E-state index contributed by atoms with van der Waals surface area (Å²) in [5.74, 6) is -0.0751. The van der Waals surface area contributed by atoms with Crippen LogP contribution in [0.25, 0.3) is 0 Å². The van der Waals surface area contributed by atoms with Crippen molar-refractivity contribution in [2.75, 3.05) is 0 Å². The van der Waals surface area contributed by atoms with Gasteiger partial charge in [-0.25, -0.2) is 9.69 Å². The monoisotopic (exact) mass is 459 g/mol. The molecule has 180 valence electrons. The lowest BCUT2D eigenvalue weighted by Gasteiger charge is -2.43. The number of imide groups is 1. The molecule has 1 aliphatic heterocycles. The van der Waals surface area contributed by atoms with Crippen molar-refractivity contribution in [1.82, 2.24) is 4.90 Å². The molecular formula is C30H37NO3. The predicted octanol–water partition coefficient (Wildman–Crippen LogP) is 7.39. The van der Waals surface area contributed by atoms with Gasteiger partial charge >= 0.3 is 6.09 Å². The lowest BCUT2D eigenvalue weighted by molar-refractivity contribution is -0.0164. The summed E-state index contributed by atoms with van der Waals surface area (Å²) < 4.78 is 6.24. The normalized spacial score (nSPS) is 24.6. The lowest BCUT2D eigenvalue weighted by Crippen LogP contribution is -2.49. The molecule has 1 aliphatic carbocycles. The Bertz CT molecular complexity index is 1070. The van der Waals surface area contributed by atoms with E-state index in [2.05, 4.69) is 44.7 Å². The van der Waals surface area contributed by atoms with Gasteiger partial charge in [-0.2, -0.15) is 0 Å². The standard InChI is InChI=1S/C30H37NO3/c1-21(2)19-20-30(5)24-16-10-9-15-23(24)27(32)31(30)28(33)34-26-18-12-11-17-25(26)29(3,4)22-13-7-6-8-14-22/h6-10,13-16,25-26H,1,11-12,17-20H2,2-5H3/t25-,26-,30+/m0/s1. The van der Waals surface area contributed by atoms with E-state index in [1.807, 2.05) is 44.2 Å². The second-order valence-electron chi connectivity index (χ2n) is 10.8. The summed E-state index contributed by atoms with van der Waals surface area (Å²) in [6.07, 6.45) is 4.59. The SMILES string of the molecule is C=C(C)CC[C@]1(C)c2ccccc2C(=O)N1C(=O)O[C@H]1CCCC[C@@H]1C(C)(C)c1ccccc1. The third kappa shape index (κ3) is 4.31. The van der Waals surface area contributed by atoms with Gasteiger partial charge in [0.25, 0.3) is 5.91 Å². The zero-order valence-corrected chi connectivity index (χ0v) is 21.0. The van der Waals surface area contributed by atoms with Crippen LogP contribution in [0.15, 0.2) is 66.7 Å². The van der Waals surface area contributed by atoms with E-state index in [-0.39, 0.29) is 23.3 Å². The summed E-state index contributed by atoms with van der Waals surface area (Å²) >= 11 is 0. The van der Waals surface area contributed by atoms with Crippen molar-refractivity contribution in [3.8, 4) is 0 Å². The molecular weight excluding hydrogens is 422 g/mol. The van der Waals surface area contributed by atoms with Crippen molar-refractivity contribution in [2.24, 2.45) is 5.92 Å². The Kier molecular flexibility index (Phi) is 6.71. The average Bonchev–Trinajstić information content (AvgIpc) is 3.06. The first-order valence-electron chi connectivity index (χ1n) is 12.5. The first kappa shape index (κ1) is 24.3. The number of rotatable bonds is 6. The first-order valence-corrected chi connectivity index (χ1v) is 12.5. The molecule has 34 heavy (non-hydrogen) atoms. The number of carbonyl (C=O) groups is 2. The number of ether oxygens (including phenoxy) is 1. The van der Waals surface area contributed by atoms with Gasteiger partial charge < -0.3 is 4.74 Å². The van der Waals surface area contributed by atoms with Gasteiger partial charge in [-0.3, -0.25) is 4.79 Å². The van der Waals surface area contributed by atoms with E-state index in [1.54, 1.807) is 0 Å². The maximum absolute atomic E-state index is 13.7. The van der Waals surface area contributed by atoms with Crippen molar-refractivity contribution in [3.05, 3.63) is 83.4 Å². The fourth-order valence-electron chi connectivity index (χ4n) is 5.92. The molecule has 0 spiro atoms. The third-order valence-corrected chi connectivity index (χ3v) is 8.06. The zero-order chi connectivity index (χ0) is 24.5.